The van der Waals surface area contributed by atoms with Crippen molar-refractivity contribution in [2.24, 2.45) is 0 Å². The van der Waals surface area contributed by atoms with E-state index < -0.39 is 0 Å². The smallest absolute Gasteiger partial charge is 0.317 e. The number of fused-ring (bicyclic) bond motifs is 1. The molecule has 2 aromatic heterocycles. The van der Waals surface area contributed by atoms with Gasteiger partial charge in [0.1, 0.15) is 12.1 Å². The van der Waals surface area contributed by atoms with Crippen LogP contribution in [0.5, 0.6) is 0 Å². The second-order valence-electron chi connectivity index (χ2n) is 8.48. The number of benzene rings is 2. The Morgan fingerprint density at radius 2 is 1.94 bits per heavy atom. The summed E-state index contributed by atoms with van der Waals surface area (Å²) < 4.78 is 14.3. The number of aromatic nitrogens is 2. The van der Waals surface area contributed by atoms with Gasteiger partial charge in [-0.1, -0.05) is 55.5 Å². The molecule has 0 fully saturated rings. The fourth-order valence-corrected chi connectivity index (χ4v) is 5.30. The van der Waals surface area contributed by atoms with Crippen LogP contribution in [0.1, 0.15) is 30.5 Å². The second-order valence-corrected chi connectivity index (χ2v) is 9.53. The van der Waals surface area contributed by atoms with Gasteiger partial charge in [-0.05, 0) is 47.2 Å². The maximum Gasteiger partial charge on any atom is 0.317 e. The number of amides is 2. The lowest BCUT2D eigenvalue weighted by Gasteiger charge is -2.27. The number of hydrogen-bond acceptors (Lipinski definition) is 4. The van der Waals surface area contributed by atoms with Crippen LogP contribution in [-0.2, 0) is 0 Å². The molecule has 2 amide bonds. The highest BCUT2D eigenvalue weighted by molar-refractivity contribution is 7.22. The minimum atomic E-state index is -0.249. The first-order valence-electron chi connectivity index (χ1n) is 11.4. The van der Waals surface area contributed by atoms with Gasteiger partial charge in [0.05, 0.1) is 15.9 Å². The number of nitrogens with zero attached hydrogens (tertiary/aromatic N) is 3. The molecule has 7 heteroatoms. The minimum absolute atomic E-state index is 0.0411. The molecule has 0 saturated carbocycles. The number of carbonyl (C=O) groups is 1. The maximum absolute atomic E-state index is 13.3. The van der Waals surface area contributed by atoms with Gasteiger partial charge in [-0.2, -0.15) is 0 Å². The van der Waals surface area contributed by atoms with Crippen molar-refractivity contribution >= 4 is 33.2 Å². The molecule has 1 aliphatic rings. The van der Waals surface area contributed by atoms with E-state index in [-0.39, 0.29) is 17.8 Å². The summed E-state index contributed by atoms with van der Waals surface area (Å²) in [6.45, 7) is 3.90. The Bertz CT molecular complexity index is 1330. The van der Waals surface area contributed by atoms with Crippen LogP contribution in [0.25, 0.3) is 26.2 Å². The monoisotopic (exact) mass is 472 g/mol. The van der Waals surface area contributed by atoms with E-state index in [1.165, 1.54) is 17.7 Å². The molecule has 3 heterocycles. The van der Waals surface area contributed by atoms with E-state index in [4.69, 9.17) is 0 Å². The van der Waals surface area contributed by atoms with Crippen LogP contribution in [0, 0.1) is 5.82 Å². The molecule has 1 N–H and O–H groups in total. The largest absolute Gasteiger partial charge is 0.337 e. The summed E-state index contributed by atoms with van der Waals surface area (Å²) in [5, 5.41) is 3.07. The topological polar surface area (TPSA) is 58.1 Å². The first-order valence-corrected chi connectivity index (χ1v) is 12.2. The van der Waals surface area contributed by atoms with Crippen LogP contribution in [0.3, 0.4) is 0 Å². The summed E-state index contributed by atoms with van der Waals surface area (Å²) >= 11 is 1.61. The van der Waals surface area contributed by atoms with Crippen molar-refractivity contribution in [2.75, 3.05) is 19.6 Å². The third-order valence-corrected chi connectivity index (χ3v) is 7.35. The number of carbonyl (C=O) groups excluding carboxylic acids is 1. The molecule has 34 heavy (non-hydrogen) atoms. The van der Waals surface area contributed by atoms with Gasteiger partial charge in [-0.3, -0.25) is 0 Å². The van der Waals surface area contributed by atoms with E-state index in [9.17, 15) is 9.18 Å². The molecule has 0 aliphatic carbocycles. The van der Waals surface area contributed by atoms with Crippen LogP contribution >= 0.6 is 11.3 Å². The Kier molecular flexibility index (Phi) is 6.36. The molecule has 1 aliphatic heterocycles. The molecule has 5 nitrogen and oxygen atoms in total. The summed E-state index contributed by atoms with van der Waals surface area (Å²) in [5.41, 5.74) is 5.10. The van der Waals surface area contributed by atoms with E-state index in [1.807, 2.05) is 29.2 Å². The molecule has 0 spiro atoms. The number of nitrogens with one attached hydrogen (secondary N) is 1. The van der Waals surface area contributed by atoms with Crippen LogP contribution in [0.4, 0.5) is 9.18 Å². The first-order chi connectivity index (χ1) is 16.6. The lowest BCUT2D eigenvalue weighted by atomic mass is 10.0. The predicted molar refractivity (Wildman–Crippen MR) is 135 cm³/mol. The molecule has 172 valence electrons. The van der Waals surface area contributed by atoms with Crippen molar-refractivity contribution in [2.45, 2.75) is 19.3 Å². The summed E-state index contributed by atoms with van der Waals surface area (Å²) in [6, 6.07) is 18.7. The minimum Gasteiger partial charge on any atom is -0.337 e. The van der Waals surface area contributed by atoms with Gasteiger partial charge in [0, 0.05) is 24.5 Å². The van der Waals surface area contributed by atoms with Gasteiger partial charge in [0.2, 0.25) is 0 Å². The summed E-state index contributed by atoms with van der Waals surface area (Å²) in [5.74, 6) is 0.00490. The zero-order chi connectivity index (χ0) is 23.5. The van der Waals surface area contributed by atoms with Gasteiger partial charge in [-0.25, -0.2) is 19.2 Å². The molecular weight excluding hydrogens is 447 g/mol. The number of rotatable bonds is 5. The van der Waals surface area contributed by atoms with Gasteiger partial charge in [0.25, 0.3) is 0 Å². The molecule has 0 radical (unpaired) electrons. The molecule has 1 atom stereocenters. The zero-order valence-corrected chi connectivity index (χ0v) is 19.7. The van der Waals surface area contributed by atoms with E-state index in [1.54, 1.807) is 29.8 Å². The molecule has 0 bridgehead atoms. The molecule has 0 saturated heterocycles. The quantitative estimate of drug-likeness (QED) is 0.382. The lowest BCUT2D eigenvalue weighted by Crippen LogP contribution is -2.43. The zero-order valence-electron chi connectivity index (χ0n) is 18.9. The number of thiophene rings is 1. The van der Waals surface area contributed by atoms with Crippen LogP contribution < -0.4 is 5.32 Å². The van der Waals surface area contributed by atoms with Crippen molar-refractivity contribution in [3.8, 4) is 10.4 Å². The average Bonchev–Trinajstić information content (AvgIpc) is 3.32. The molecular formula is C27H25FN4OS. The van der Waals surface area contributed by atoms with E-state index in [2.05, 4.69) is 40.4 Å². The third-order valence-electron chi connectivity index (χ3n) is 6.17. The second kappa shape index (κ2) is 9.73. The van der Waals surface area contributed by atoms with Gasteiger partial charge in [0.15, 0.2) is 0 Å². The Hall–Kier alpha value is -3.58. The van der Waals surface area contributed by atoms with E-state index in [0.717, 1.165) is 38.3 Å². The number of hydrogen-bond donors (Lipinski definition) is 1. The highest BCUT2D eigenvalue weighted by Crippen LogP contribution is 2.37. The molecule has 5 rings (SSSR count). The highest BCUT2D eigenvalue weighted by Gasteiger charge is 2.21. The van der Waals surface area contributed by atoms with Crippen LogP contribution in [0.15, 0.2) is 73.1 Å². The normalized spacial score (nSPS) is 14.6. The van der Waals surface area contributed by atoms with Gasteiger partial charge >= 0.3 is 6.03 Å². The average molecular weight is 473 g/mol. The van der Waals surface area contributed by atoms with Crippen molar-refractivity contribution in [3.05, 3.63) is 90.1 Å². The molecule has 1 unspecified atom stereocenters. The van der Waals surface area contributed by atoms with Crippen LogP contribution in [-0.4, -0.2) is 40.5 Å². The highest BCUT2D eigenvalue weighted by atomic mass is 32.1. The molecule has 4 aromatic rings. The Labute approximate surface area is 202 Å². The Balaban J connectivity index is 1.27. The van der Waals surface area contributed by atoms with E-state index in [0.29, 0.717) is 19.6 Å². The fraction of sp³-hybridized carbons (Fsp3) is 0.222. The maximum atomic E-state index is 13.3. The predicted octanol–water partition coefficient (Wildman–Crippen LogP) is 6.10. The Morgan fingerprint density at radius 3 is 2.68 bits per heavy atom. The van der Waals surface area contributed by atoms with Crippen molar-refractivity contribution in [3.63, 3.8) is 0 Å². The first kappa shape index (κ1) is 22.2. The Morgan fingerprint density at radius 1 is 1.15 bits per heavy atom. The van der Waals surface area contributed by atoms with Crippen molar-refractivity contribution in [1.82, 2.24) is 20.2 Å². The van der Waals surface area contributed by atoms with Crippen LogP contribution in [0.2, 0.25) is 0 Å². The number of urea groups is 1. The fourth-order valence-electron chi connectivity index (χ4n) is 4.16. The van der Waals surface area contributed by atoms with E-state index >= 15 is 0 Å². The third kappa shape index (κ3) is 4.70. The lowest BCUT2D eigenvalue weighted by molar-refractivity contribution is 0.202. The molecule has 2 aromatic carbocycles. The summed E-state index contributed by atoms with van der Waals surface area (Å²) in [7, 11) is 0. The SMILES string of the molecule is CC(CNC(=O)N1CC=C(c2ncnc3cc(-c4ccc(F)cc4)sc23)CC1)c1ccccc1. The summed E-state index contributed by atoms with van der Waals surface area (Å²) in [4.78, 5) is 24.6. The van der Waals surface area contributed by atoms with Crippen molar-refractivity contribution < 1.29 is 9.18 Å². The standard InChI is InChI=1S/C27H25FN4OS/c1-18(19-5-3-2-4-6-19)16-29-27(33)32-13-11-21(12-14-32)25-26-23(30-17-31-25)15-24(34-26)20-7-9-22(28)10-8-20/h2-11,15,17-18H,12-14,16H2,1H3,(H,29,33). The summed E-state index contributed by atoms with van der Waals surface area (Å²) in [6.07, 6.45) is 4.41. The number of halogens is 1. The van der Waals surface area contributed by atoms with Gasteiger partial charge in [-0.15, -0.1) is 11.3 Å². The van der Waals surface area contributed by atoms with Gasteiger partial charge < -0.3 is 10.2 Å². The van der Waals surface area contributed by atoms with Crippen molar-refractivity contribution in [1.29, 1.82) is 0 Å².